The second-order valence-corrected chi connectivity index (χ2v) is 4.81. The van der Waals surface area contributed by atoms with Gasteiger partial charge in [-0.1, -0.05) is 48.0 Å². The van der Waals surface area contributed by atoms with Crippen molar-refractivity contribution in [3.05, 3.63) is 65.2 Å². The number of anilines is 1. The van der Waals surface area contributed by atoms with Gasteiger partial charge < -0.3 is 5.32 Å². The van der Waals surface area contributed by atoms with E-state index in [1.807, 2.05) is 0 Å². The Kier molecular flexibility index (Phi) is 2.60. The lowest BCUT2D eigenvalue weighted by Crippen LogP contribution is -2.17. The van der Waals surface area contributed by atoms with E-state index in [0.717, 1.165) is 0 Å². The number of hydrogen-bond donors (Lipinski definition) is 1. The van der Waals surface area contributed by atoms with Crippen molar-refractivity contribution in [2.45, 2.75) is 25.8 Å². The van der Waals surface area contributed by atoms with Crippen LogP contribution in [-0.2, 0) is 6.42 Å². The molecule has 0 spiro atoms. The monoisotopic (exact) mass is 223 g/mol. The maximum Gasteiger partial charge on any atom is 0.0517 e. The summed E-state index contributed by atoms with van der Waals surface area (Å²) in [7, 11) is 0. The molecular weight excluding hydrogens is 206 g/mol. The average molecular weight is 223 g/mol. The minimum atomic E-state index is 0.464. The van der Waals surface area contributed by atoms with Gasteiger partial charge in [-0.2, -0.15) is 0 Å². The molecule has 1 heterocycles. The van der Waals surface area contributed by atoms with E-state index in [1.54, 1.807) is 0 Å². The fraction of sp³-hybridized carbons (Fsp3) is 0.250. The Hall–Kier alpha value is -1.76. The molecule has 1 aliphatic heterocycles. The summed E-state index contributed by atoms with van der Waals surface area (Å²) in [5.41, 5.74) is 5.50. The van der Waals surface area contributed by atoms with Crippen molar-refractivity contribution in [3.8, 4) is 0 Å². The SMILES string of the molecule is Cc1ccc2c(c1)CCC(c1ccccc1)N2. The molecule has 2 aromatic rings. The molecule has 0 radical (unpaired) electrons. The summed E-state index contributed by atoms with van der Waals surface area (Å²) in [5.74, 6) is 0. The molecule has 0 aromatic heterocycles. The van der Waals surface area contributed by atoms with Crippen LogP contribution >= 0.6 is 0 Å². The summed E-state index contributed by atoms with van der Waals surface area (Å²) in [6.45, 7) is 2.16. The molecule has 1 nitrogen and oxygen atoms in total. The van der Waals surface area contributed by atoms with Crippen LogP contribution in [-0.4, -0.2) is 0 Å². The second-order valence-electron chi connectivity index (χ2n) is 4.81. The third kappa shape index (κ3) is 2.05. The van der Waals surface area contributed by atoms with Crippen molar-refractivity contribution in [2.75, 3.05) is 5.32 Å². The number of fused-ring (bicyclic) bond motifs is 1. The fourth-order valence-electron chi connectivity index (χ4n) is 2.57. The van der Waals surface area contributed by atoms with Gasteiger partial charge in [0.25, 0.3) is 0 Å². The molecule has 0 saturated heterocycles. The van der Waals surface area contributed by atoms with E-state index in [0.29, 0.717) is 6.04 Å². The Labute approximate surface area is 102 Å². The Balaban J connectivity index is 1.88. The van der Waals surface area contributed by atoms with Crippen LogP contribution in [0.15, 0.2) is 48.5 Å². The first-order valence-electron chi connectivity index (χ1n) is 6.24. The zero-order valence-corrected chi connectivity index (χ0v) is 10.1. The van der Waals surface area contributed by atoms with Crippen LogP contribution in [0.1, 0.15) is 29.2 Å². The third-order valence-corrected chi connectivity index (χ3v) is 3.49. The number of nitrogens with one attached hydrogen (secondary N) is 1. The summed E-state index contributed by atoms with van der Waals surface area (Å²) >= 11 is 0. The minimum absolute atomic E-state index is 0.464. The Bertz CT molecular complexity index is 516. The lowest BCUT2D eigenvalue weighted by Gasteiger charge is -2.27. The second kappa shape index (κ2) is 4.25. The van der Waals surface area contributed by atoms with E-state index in [9.17, 15) is 0 Å². The van der Waals surface area contributed by atoms with E-state index < -0.39 is 0 Å². The minimum Gasteiger partial charge on any atom is -0.378 e. The number of rotatable bonds is 1. The number of benzene rings is 2. The normalized spacial score (nSPS) is 18.3. The van der Waals surface area contributed by atoms with Crippen LogP contribution in [0.25, 0.3) is 0 Å². The molecule has 0 bridgehead atoms. The Morgan fingerprint density at radius 2 is 1.88 bits per heavy atom. The van der Waals surface area contributed by atoms with Crippen molar-refractivity contribution in [2.24, 2.45) is 0 Å². The lowest BCUT2D eigenvalue weighted by molar-refractivity contribution is 0.667. The predicted molar refractivity (Wildman–Crippen MR) is 72.3 cm³/mol. The highest BCUT2D eigenvalue weighted by Crippen LogP contribution is 2.32. The zero-order valence-electron chi connectivity index (χ0n) is 10.1. The first-order valence-corrected chi connectivity index (χ1v) is 6.24. The third-order valence-electron chi connectivity index (χ3n) is 3.49. The lowest BCUT2D eigenvalue weighted by atomic mass is 9.93. The highest BCUT2D eigenvalue weighted by atomic mass is 14.9. The molecule has 2 aromatic carbocycles. The number of hydrogen-bond acceptors (Lipinski definition) is 1. The molecule has 0 saturated carbocycles. The molecule has 3 rings (SSSR count). The van der Waals surface area contributed by atoms with Crippen molar-refractivity contribution in [3.63, 3.8) is 0 Å². The van der Waals surface area contributed by atoms with Crippen LogP contribution in [0.2, 0.25) is 0 Å². The Morgan fingerprint density at radius 3 is 2.71 bits per heavy atom. The molecule has 17 heavy (non-hydrogen) atoms. The maximum absolute atomic E-state index is 3.64. The molecule has 1 aliphatic rings. The van der Waals surface area contributed by atoms with Gasteiger partial charge in [-0.25, -0.2) is 0 Å². The standard InChI is InChI=1S/C16H17N/c1-12-7-9-16-14(11-12)8-10-15(17-16)13-5-3-2-4-6-13/h2-7,9,11,15,17H,8,10H2,1H3. The first-order chi connectivity index (χ1) is 8.33. The summed E-state index contributed by atoms with van der Waals surface area (Å²) < 4.78 is 0. The van der Waals surface area contributed by atoms with Gasteiger partial charge in [-0.3, -0.25) is 0 Å². The van der Waals surface area contributed by atoms with Crippen LogP contribution in [0, 0.1) is 6.92 Å². The molecule has 0 amide bonds. The fourth-order valence-corrected chi connectivity index (χ4v) is 2.57. The summed E-state index contributed by atoms with van der Waals surface area (Å²) in [6, 6.07) is 17.9. The molecule has 1 unspecified atom stereocenters. The van der Waals surface area contributed by atoms with Crippen molar-refractivity contribution in [1.82, 2.24) is 0 Å². The molecule has 86 valence electrons. The molecule has 0 aliphatic carbocycles. The molecular formula is C16H17N. The molecule has 1 N–H and O–H groups in total. The van der Waals surface area contributed by atoms with E-state index >= 15 is 0 Å². The first kappa shape index (κ1) is 10.4. The highest BCUT2D eigenvalue weighted by molar-refractivity contribution is 5.56. The number of aryl methyl sites for hydroxylation is 2. The van der Waals surface area contributed by atoms with Gasteiger partial charge in [0.05, 0.1) is 6.04 Å². The van der Waals surface area contributed by atoms with E-state index in [-0.39, 0.29) is 0 Å². The summed E-state index contributed by atoms with van der Waals surface area (Å²) in [5, 5.41) is 3.64. The van der Waals surface area contributed by atoms with Crippen molar-refractivity contribution >= 4 is 5.69 Å². The van der Waals surface area contributed by atoms with Crippen LogP contribution in [0.5, 0.6) is 0 Å². The Morgan fingerprint density at radius 1 is 1.06 bits per heavy atom. The average Bonchev–Trinajstić information content (AvgIpc) is 2.39. The van der Waals surface area contributed by atoms with Crippen LogP contribution in [0.3, 0.4) is 0 Å². The van der Waals surface area contributed by atoms with Crippen molar-refractivity contribution < 1.29 is 0 Å². The smallest absolute Gasteiger partial charge is 0.0517 e. The van der Waals surface area contributed by atoms with E-state index in [4.69, 9.17) is 0 Å². The van der Waals surface area contributed by atoms with Gasteiger partial charge in [0.1, 0.15) is 0 Å². The van der Waals surface area contributed by atoms with Crippen molar-refractivity contribution in [1.29, 1.82) is 0 Å². The van der Waals surface area contributed by atoms with Gasteiger partial charge in [0, 0.05) is 5.69 Å². The highest BCUT2D eigenvalue weighted by Gasteiger charge is 2.18. The van der Waals surface area contributed by atoms with E-state index in [2.05, 4.69) is 60.8 Å². The topological polar surface area (TPSA) is 12.0 Å². The zero-order chi connectivity index (χ0) is 11.7. The molecule has 1 atom stereocenters. The van der Waals surface area contributed by atoms with Crippen LogP contribution < -0.4 is 5.32 Å². The largest absolute Gasteiger partial charge is 0.378 e. The van der Waals surface area contributed by atoms with Gasteiger partial charge in [-0.15, -0.1) is 0 Å². The van der Waals surface area contributed by atoms with Gasteiger partial charge in [0.2, 0.25) is 0 Å². The van der Waals surface area contributed by atoms with Gasteiger partial charge in [0.15, 0.2) is 0 Å². The van der Waals surface area contributed by atoms with Crippen LogP contribution in [0.4, 0.5) is 5.69 Å². The quantitative estimate of drug-likeness (QED) is 0.767. The molecule has 0 fully saturated rings. The summed E-state index contributed by atoms with van der Waals surface area (Å²) in [6.07, 6.45) is 2.35. The molecule has 1 heteroatoms. The predicted octanol–water partition coefficient (Wildman–Crippen LogP) is 4.09. The van der Waals surface area contributed by atoms with Gasteiger partial charge >= 0.3 is 0 Å². The summed E-state index contributed by atoms with van der Waals surface area (Å²) in [4.78, 5) is 0. The maximum atomic E-state index is 3.64. The van der Waals surface area contributed by atoms with Gasteiger partial charge in [-0.05, 0) is 37.0 Å². The van der Waals surface area contributed by atoms with E-state index in [1.165, 1.54) is 35.2 Å².